The summed E-state index contributed by atoms with van der Waals surface area (Å²) in [4.78, 5) is 15.3. The normalized spacial score (nSPS) is 26.8. The summed E-state index contributed by atoms with van der Waals surface area (Å²) >= 11 is 0. The number of carbonyl (C=O) groups excluding carboxylic acids is 1. The van der Waals surface area contributed by atoms with Gasteiger partial charge in [-0.3, -0.25) is 4.79 Å². The standard InChI is InChI=1S/C36H53NO5.ClH/c1-4-5-6-7-8-9-10-11-12-13-14-15-16-17-18-19-31(38)41-29-22-23-36(39)30-26-27-20-21-28(40-3)33-32(27)35(36,34(29)42-33)24-25-37(30)2;/h11-12,20-22,30,34,39H,4-10,13-19,23-26H2,1-3H3;1H/t30?,34-,35-,36-;/m0./s1. The number of hydrogen-bond donors (Lipinski definition) is 1. The van der Waals surface area contributed by atoms with Gasteiger partial charge >= 0.3 is 5.97 Å². The minimum absolute atomic E-state index is 0. The monoisotopic (exact) mass is 615 g/mol. The van der Waals surface area contributed by atoms with E-state index in [0.717, 1.165) is 50.6 Å². The van der Waals surface area contributed by atoms with Crippen LogP contribution in [-0.2, 0) is 21.4 Å². The molecule has 1 aromatic carbocycles. The first-order chi connectivity index (χ1) is 20.5. The molecular weight excluding hydrogens is 562 g/mol. The average molecular weight is 616 g/mol. The zero-order valence-electron chi connectivity index (χ0n) is 26.7. The molecular formula is C36H54ClNO5. The molecule has 5 rings (SSSR count). The smallest absolute Gasteiger partial charge is 0.310 e. The number of likely N-dealkylation sites (tertiary alicyclic amines) is 1. The van der Waals surface area contributed by atoms with Gasteiger partial charge in [0.15, 0.2) is 17.6 Å². The first-order valence-electron chi connectivity index (χ1n) is 16.8. The summed E-state index contributed by atoms with van der Waals surface area (Å²) in [6, 6.07) is 4.08. The summed E-state index contributed by atoms with van der Waals surface area (Å²) < 4.78 is 18.3. The third-order valence-electron chi connectivity index (χ3n) is 10.4. The van der Waals surface area contributed by atoms with Crippen LogP contribution in [0.25, 0.3) is 0 Å². The van der Waals surface area contributed by atoms with Crippen LogP contribution in [0.5, 0.6) is 11.5 Å². The van der Waals surface area contributed by atoms with E-state index in [1.54, 1.807) is 7.11 Å². The van der Waals surface area contributed by atoms with Gasteiger partial charge in [-0.2, -0.15) is 0 Å². The number of esters is 1. The van der Waals surface area contributed by atoms with Crippen LogP contribution in [0.4, 0.5) is 0 Å². The zero-order chi connectivity index (χ0) is 29.6. The van der Waals surface area contributed by atoms with Crippen molar-refractivity contribution in [3.8, 4) is 11.5 Å². The Morgan fingerprint density at radius 2 is 1.72 bits per heavy atom. The largest absolute Gasteiger partial charge is 0.493 e. The molecule has 0 radical (unpaired) electrons. The van der Waals surface area contributed by atoms with Crippen LogP contribution in [0.2, 0.25) is 0 Å². The van der Waals surface area contributed by atoms with E-state index < -0.39 is 17.1 Å². The molecule has 1 saturated heterocycles. The van der Waals surface area contributed by atoms with E-state index in [4.69, 9.17) is 14.2 Å². The van der Waals surface area contributed by atoms with E-state index in [2.05, 4.69) is 37.1 Å². The minimum Gasteiger partial charge on any atom is -0.493 e. The topological polar surface area (TPSA) is 68.2 Å². The summed E-state index contributed by atoms with van der Waals surface area (Å²) in [6.07, 6.45) is 24.5. The number of methoxy groups -OCH3 is 1. The van der Waals surface area contributed by atoms with Crippen molar-refractivity contribution in [1.29, 1.82) is 0 Å². The lowest BCUT2D eigenvalue weighted by Crippen LogP contribution is -2.74. The molecule has 4 aliphatic rings. The van der Waals surface area contributed by atoms with Gasteiger partial charge in [0.05, 0.1) is 18.1 Å². The van der Waals surface area contributed by atoms with E-state index in [1.807, 2.05) is 12.1 Å². The van der Waals surface area contributed by atoms with Gasteiger partial charge in [0.1, 0.15) is 5.76 Å². The number of carbonyl (C=O) groups is 1. The second-order valence-electron chi connectivity index (χ2n) is 13.1. The fourth-order valence-corrected chi connectivity index (χ4v) is 8.11. The third-order valence-corrected chi connectivity index (χ3v) is 10.4. The molecule has 2 heterocycles. The number of allylic oxidation sites excluding steroid dienone is 2. The molecule has 1 N–H and O–H groups in total. The number of likely N-dealkylation sites (N-methyl/N-ethyl adjacent to an activating group) is 1. The number of unbranched alkanes of at least 4 members (excludes halogenated alkanes) is 11. The number of rotatable bonds is 17. The van der Waals surface area contributed by atoms with Gasteiger partial charge in [0, 0.05) is 24.4 Å². The van der Waals surface area contributed by atoms with Crippen LogP contribution >= 0.6 is 12.4 Å². The highest BCUT2D eigenvalue weighted by molar-refractivity contribution is 5.85. The number of hydrogen-bond acceptors (Lipinski definition) is 6. The molecule has 2 aliphatic heterocycles. The molecule has 2 aliphatic carbocycles. The Kier molecular flexibility index (Phi) is 12.1. The van der Waals surface area contributed by atoms with Crippen molar-refractivity contribution >= 4 is 18.4 Å². The van der Waals surface area contributed by atoms with Crippen molar-refractivity contribution in [3.05, 3.63) is 47.2 Å². The first kappa shape index (κ1) is 33.9. The predicted molar refractivity (Wildman–Crippen MR) is 174 cm³/mol. The summed E-state index contributed by atoms with van der Waals surface area (Å²) in [7, 11) is 3.75. The molecule has 0 saturated carbocycles. The van der Waals surface area contributed by atoms with Crippen LogP contribution in [0.3, 0.4) is 0 Å². The van der Waals surface area contributed by atoms with Crippen molar-refractivity contribution in [1.82, 2.24) is 4.90 Å². The minimum atomic E-state index is -0.978. The van der Waals surface area contributed by atoms with Gasteiger partial charge in [-0.15, -0.1) is 12.4 Å². The molecule has 1 spiro atoms. The Bertz CT molecular complexity index is 1150. The van der Waals surface area contributed by atoms with Gasteiger partial charge in [0.25, 0.3) is 0 Å². The van der Waals surface area contributed by atoms with E-state index in [-0.39, 0.29) is 24.4 Å². The molecule has 4 atom stereocenters. The summed E-state index contributed by atoms with van der Waals surface area (Å²) in [5, 5.41) is 12.3. The molecule has 2 bridgehead atoms. The molecule has 6 nitrogen and oxygen atoms in total. The van der Waals surface area contributed by atoms with Crippen molar-refractivity contribution in [3.63, 3.8) is 0 Å². The van der Waals surface area contributed by atoms with E-state index >= 15 is 0 Å². The van der Waals surface area contributed by atoms with Crippen LogP contribution in [0.15, 0.2) is 36.1 Å². The molecule has 0 aromatic heterocycles. The third kappa shape index (κ3) is 6.67. The van der Waals surface area contributed by atoms with E-state index in [9.17, 15) is 9.90 Å². The lowest BCUT2D eigenvalue weighted by atomic mass is 9.50. The highest BCUT2D eigenvalue weighted by Crippen LogP contribution is 2.65. The number of ether oxygens (including phenoxy) is 3. The number of piperidine rings is 1. The molecule has 1 unspecified atom stereocenters. The maximum atomic E-state index is 13.0. The van der Waals surface area contributed by atoms with Crippen LogP contribution in [0.1, 0.15) is 121 Å². The maximum absolute atomic E-state index is 13.0. The maximum Gasteiger partial charge on any atom is 0.310 e. The van der Waals surface area contributed by atoms with Crippen molar-refractivity contribution in [2.24, 2.45) is 0 Å². The Morgan fingerprint density at radius 3 is 2.42 bits per heavy atom. The lowest BCUT2D eigenvalue weighted by molar-refractivity contribution is -0.169. The van der Waals surface area contributed by atoms with Gasteiger partial charge in [-0.05, 0) is 76.2 Å². The molecule has 240 valence electrons. The van der Waals surface area contributed by atoms with Gasteiger partial charge < -0.3 is 24.2 Å². The van der Waals surface area contributed by atoms with Crippen molar-refractivity contribution < 1.29 is 24.1 Å². The second kappa shape index (κ2) is 15.3. The number of nitrogens with zero attached hydrogens (tertiary/aromatic N) is 1. The van der Waals surface area contributed by atoms with Crippen molar-refractivity contribution in [2.75, 3.05) is 20.7 Å². The molecule has 7 heteroatoms. The van der Waals surface area contributed by atoms with Crippen LogP contribution in [0, 0.1) is 0 Å². The fourth-order valence-electron chi connectivity index (χ4n) is 8.11. The summed E-state index contributed by atoms with van der Waals surface area (Å²) in [5.41, 5.74) is 0.664. The van der Waals surface area contributed by atoms with Crippen molar-refractivity contribution in [2.45, 2.75) is 139 Å². The van der Waals surface area contributed by atoms with Gasteiger partial charge in [-0.25, -0.2) is 0 Å². The van der Waals surface area contributed by atoms with E-state index in [0.29, 0.717) is 30.1 Å². The van der Waals surface area contributed by atoms with Crippen LogP contribution < -0.4 is 9.47 Å². The SMILES string of the molecule is CCCCCCCCC=CCCCCCCCC(=O)OC1=CC[C@]2(O)C3Cc4ccc(OC)c5c4[C@@]2(CCN3C)[C@H]1O5.Cl. The average Bonchev–Trinajstić information content (AvgIpc) is 3.34. The molecule has 1 fully saturated rings. The Morgan fingerprint density at radius 1 is 1.05 bits per heavy atom. The second-order valence-corrected chi connectivity index (χ2v) is 13.1. The number of halogens is 1. The lowest BCUT2D eigenvalue weighted by Gasteiger charge is -2.61. The van der Waals surface area contributed by atoms with Gasteiger partial charge in [0.2, 0.25) is 0 Å². The summed E-state index contributed by atoms with van der Waals surface area (Å²) in [5.74, 6) is 1.75. The van der Waals surface area contributed by atoms with Gasteiger partial charge in [-0.1, -0.05) is 76.5 Å². The molecule has 43 heavy (non-hydrogen) atoms. The molecule has 1 aromatic rings. The molecule has 0 amide bonds. The highest BCUT2D eigenvalue weighted by Gasteiger charge is 2.72. The zero-order valence-corrected chi connectivity index (χ0v) is 27.5. The Hall–Kier alpha value is -2.02. The Balaban J connectivity index is 0.00000423. The highest BCUT2D eigenvalue weighted by atomic mass is 35.5. The fraction of sp³-hybridized carbons (Fsp3) is 0.694. The summed E-state index contributed by atoms with van der Waals surface area (Å²) in [6.45, 7) is 3.13. The first-order valence-corrected chi connectivity index (χ1v) is 16.8. The number of aliphatic hydroxyl groups is 1. The predicted octanol–water partition coefficient (Wildman–Crippen LogP) is 7.98. The quantitative estimate of drug-likeness (QED) is 0.109. The Labute approximate surface area is 265 Å². The number of benzene rings is 1. The van der Waals surface area contributed by atoms with Crippen LogP contribution in [-0.4, -0.2) is 54.4 Å². The van der Waals surface area contributed by atoms with E-state index in [1.165, 1.54) is 63.4 Å².